The van der Waals surface area contributed by atoms with Crippen LogP contribution in [0.1, 0.15) is 12.8 Å². The van der Waals surface area contributed by atoms with E-state index in [0.717, 1.165) is 25.0 Å². The lowest BCUT2D eigenvalue weighted by Gasteiger charge is -2.26. The molecule has 2 N–H and O–H groups in total. The first kappa shape index (κ1) is 16.4. The zero-order chi connectivity index (χ0) is 13.3. The van der Waals surface area contributed by atoms with Crippen molar-refractivity contribution in [1.82, 2.24) is 4.31 Å². The van der Waals surface area contributed by atoms with Gasteiger partial charge in [-0.25, -0.2) is 12.8 Å². The molecule has 19 heavy (non-hydrogen) atoms. The maximum atomic E-state index is 12.8. The summed E-state index contributed by atoms with van der Waals surface area (Å²) >= 11 is 0. The third-order valence-corrected chi connectivity index (χ3v) is 5.26. The van der Waals surface area contributed by atoms with E-state index < -0.39 is 15.8 Å². The van der Waals surface area contributed by atoms with E-state index in [0.29, 0.717) is 12.5 Å². The van der Waals surface area contributed by atoms with Gasteiger partial charge in [0.05, 0.1) is 4.90 Å². The second kappa shape index (κ2) is 6.17. The molecule has 2 rings (SSSR count). The number of sulfonamides is 1. The molecule has 1 unspecified atom stereocenters. The van der Waals surface area contributed by atoms with Gasteiger partial charge in [0.2, 0.25) is 10.0 Å². The molecular weight excluding hydrogens is 291 g/mol. The van der Waals surface area contributed by atoms with E-state index in [1.807, 2.05) is 0 Å². The predicted octanol–water partition coefficient (Wildman–Crippen LogP) is 1.61. The Hall–Kier alpha value is -0.690. The summed E-state index contributed by atoms with van der Waals surface area (Å²) in [7, 11) is -2.05. The number of halogens is 2. The third kappa shape index (κ3) is 3.45. The molecule has 4 nitrogen and oxygen atoms in total. The molecule has 7 heteroatoms. The molecule has 0 saturated heterocycles. The summed E-state index contributed by atoms with van der Waals surface area (Å²) in [6, 6.07) is 4.69. The fraction of sp³-hybridized carbons (Fsp3) is 0.500. The summed E-state index contributed by atoms with van der Waals surface area (Å²) in [5, 5.41) is 0. The summed E-state index contributed by atoms with van der Waals surface area (Å²) < 4.78 is 38.8. The summed E-state index contributed by atoms with van der Waals surface area (Å²) in [6.45, 7) is 0.307. The lowest BCUT2D eigenvalue weighted by Crippen LogP contribution is -2.43. The molecule has 0 heterocycles. The largest absolute Gasteiger partial charge is 0.329 e. The van der Waals surface area contributed by atoms with Crippen molar-refractivity contribution in [1.29, 1.82) is 0 Å². The van der Waals surface area contributed by atoms with E-state index in [1.54, 1.807) is 0 Å². The summed E-state index contributed by atoms with van der Waals surface area (Å²) in [5.74, 6) is -0.0932. The molecule has 1 aliphatic rings. The molecule has 1 saturated carbocycles. The molecule has 0 spiro atoms. The molecular formula is C12H18ClFN2O2S. The number of hydrogen-bond acceptors (Lipinski definition) is 3. The first-order chi connectivity index (χ1) is 8.46. The summed E-state index contributed by atoms with van der Waals surface area (Å²) in [6.07, 6.45) is 2.04. The minimum absolute atomic E-state index is 0. The van der Waals surface area contributed by atoms with Gasteiger partial charge in [-0.15, -0.1) is 12.4 Å². The minimum atomic E-state index is -3.59. The van der Waals surface area contributed by atoms with Crippen molar-refractivity contribution in [2.45, 2.75) is 23.8 Å². The summed E-state index contributed by atoms with van der Waals surface area (Å²) in [5.41, 5.74) is 5.65. The Morgan fingerprint density at radius 2 is 1.89 bits per heavy atom. The van der Waals surface area contributed by atoms with Gasteiger partial charge in [0.25, 0.3) is 0 Å². The first-order valence-corrected chi connectivity index (χ1v) is 7.34. The number of hydrogen-bond donors (Lipinski definition) is 1. The van der Waals surface area contributed by atoms with Crippen molar-refractivity contribution < 1.29 is 12.8 Å². The smallest absolute Gasteiger partial charge is 0.243 e. The molecule has 0 amide bonds. The number of rotatable bonds is 5. The van der Waals surface area contributed by atoms with E-state index in [9.17, 15) is 12.8 Å². The van der Waals surface area contributed by atoms with Gasteiger partial charge in [-0.2, -0.15) is 4.31 Å². The Balaban J connectivity index is 0.00000180. The monoisotopic (exact) mass is 308 g/mol. The van der Waals surface area contributed by atoms with Gasteiger partial charge >= 0.3 is 0 Å². The van der Waals surface area contributed by atoms with E-state index in [4.69, 9.17) is 5.73 Å². The Bertz CT molecular complexity index is 517. The zero-order valence-electron chi connectivity index (χ0n) is 10.6. The van der Waals surface area contributed by atoms with Crippen LogP contribution in [0.2, 0.25) is 0 Å². The van der Waals surface area contributed by atoms with Crippen LogP contribution < -0.4 is 5.73 Å². The van der Waals surface area contributed by atoms with Crippen LogP contribution in [0.5, 0.6) is 0 Å². The molecule has 0 radical (unpaired) electrons. The van der Waals surface area contributed by atoms with Crippen molar-refractivity contribution in [3.8, 4) is 0 Å². The normalized spacial score (nSPS) is 17.1. The molecule has 0 bridgehead atoms. The lowest BCUT2D eigenvalue weighted by molar-refractivity contribution is 0.340. The average molecular weight is 309 g/mol. The van der Waals surface area contributed by atoms with Crippen molar-refractivity contribution >= 4 is 22.4 Å². The van der Waals surface area contributed by atoms with Crippen LogP contribution in [0.25, 0.3) is 0 Å². The van der Waals surface area contributed by atoms with Gasteiger partial charge in [0.15, 0.2) is 0 Å². The van der Waals surface area contributed by atoms with Crippen LogP contribution in [-0.2, 0) is 10.0 Å². The molecule has 1 aromatic rings. The average Bonchev–Trinajstić information content (AvgIpc) is 3.15. The van der Waals surface area contributed by atoms with Crippen molar-refractivity contribution in [3.63, 3.8) is 0 Å². The first-order valence-electron chi connectivity index (χ1n) is 5.90. The fourth-order valence-electron chi connectivity index (χ4n) is 2.07. The number of nitrogens with two attached hydrogens (primary N) is 1. The van der Waals surface area contributed by atoms with Gasteiger partial charge in [0, 0.05) is 19.6 Å². The second-order valence-corrected chi connectivity index (χ2v) is 6.61. The maximum absolute atomic E-state index is 12.8. The van der Waals surface area contributed by atoms with E-state index >= 15 is 0 Å². The van der Waals surface area contributed by atoms with Gasteiger partial charge in [0.1, 0.15) is 5.82 Å². The van der Waals surface area contributed by atoms with Gasteiger partial charge in [-0.3, -0.25) is 0 Å². The summed E-state index contributed by atoms with van der Waals surface area (Å²) in [4.78, 5) is 0.102. The Labute approximate surface area is 119 Å². The van der Waals surface area contributed by atoms with E-state index in [1.165, 1.54) is 23.5 Å². The molecule has 1 aliphatic carbocycles. The van der Waals surface area contributed by atoms with Crippen LogP contribution >= 0.6 is 12.4 Å². The second-order valence-electron chi connectivity index (χ2n) is 4.62. The minimum Gasteiger partial charge on any atom is -0.329 e. The molecule has 108 valence electrons. The molecule has 1 atom stereocenters. The Morgan fingerprint density at radius 3 is 2.32 bits per heavy atom. The topological polar surface area (TPSA) is 63.4 Å². The highest BCUT2D eigenvalue weighted by Crippen LogP contribution is 2.36. The maximum Gasteiger partial charge on any atom is 0.243 e. The third-order valence-electron chi connectivity index (χ3n) is 3.37. The van der Waals surface area contributed by atoms with E-state index in [2.05, 4.69) is 0 Å². The van der Waals surface area contributed by atoms with Gasteiger partial charge in [-0.05, 0) is 43.0 Å². The zero-order valence-corrected chi connectivity index (χ0v) is 12.3. The van der Waals surface area contributed by atoms with Crippen LogP contribution in [0, 0.1) is 11.7 Å². The van der Waals surface area contributed by atoms with Gasteiger partial charge in [-0.1, -0.05) is 0 Å². The highest BCUT2D eigenvalue weighted by atomic mass is 35.5. The lowest BCUT2D eigenvalue weighted by atomic mass is 10.2. The Morgan fingerprint density at radius 1 is 1.37 bits per heavy atom. The molecule has 1 fully saturated rings. The van der Waals surface area contributed by atoms with Crippen LogP contribution in [0.15, 0.2) is 29.2 Å². The van der Waals surface area contributed by atoms with Crippen molar-refractivity contribution in [2.75, 3.05) is 13.6 Å². The van der Waals surface area contributed by atoms with E-state index in [-0.39, 0.29) is 23.3 Å². The van der Waals surface area contributed by atoms with Crippen molar-refractivity contribution in [3.05, 3.63) is 30.1 Å². The highest BCUT2D eigenvalue weighted by Gasteiger charge is 2.38. The molecule has 0 aromatic heterocycles. The van der Waals surface area contributed by atoms with Crippen molar-refractivity contribution in [2.24, 2.45) is 11.7 Å². The van der Waals surface area contributed by atoms with Gasteiger partial charge < -0.3 is 5.73 Å². The fourth-order valence-corrected chi connectivity index (χ4v) is 3.50. The molecule has 1 aromatic carbocycles. The number of nitrogens with zero attached hydrogens (tertiary/aromatic N) is 1. The SMILES string of the molecule is CN(C(CN)C1CC1)S(=O)(=O)c1ccc(F)cc1.Cl. The van der Waals surface area contributed by atoms with Crippen LogP contribution in [0.3, 0.4) is 0 Å². The van der Waals surface area contributed by atoms with Crippen LogP contribution in [-0.4, -0.2) is 32.4 Å². The number of benzene rings is 1. The standard InChI is InChI=1S/C12H17FN2O2S.ClH/c1-15(12(8-14)9-2-3-9)18(16,17)11-6-4-10(13)5-7-11;/h4-7,9,12H,2-3,8,14H2,1H3;1H. The Kier molecular flexibility index (Phi) is 5.32. The highest BCUT2D eigenvalue weighted by molar-refractivity contribution is 7.89. The number of likely N-dealkylation sites (N-methyl/N-ethyl adjacent to an activating group) is 1. The molecule has 0 aliphatic heterocycles. The van der Waals surface area contributed by atoms with Crippen LogP contribution in [0.4, 0.5) is 4.39 Å². The predicted molar refractivity (Wildman–Crippen MR) is 74.2 cm³/mol. The quantitative estimate of drug-likeness (QED) is 0.899.